The standard InChI is InChI=1S/C20H22N2O2/c23-17-11-9-16(10-12-17)19-21-13-5-4-8-18(21)20(24)22(19)14-15-6-2-1-3-7-15/h1-3,6-7,9-12,18-19,23H,4-5,8,13-14H2/t18?,19-/m1/s1. The van der Waals surface area contributed by atoms with Gasteiger partial charge in [-0.15, -0.1) is 0 Å². The average molecular weight is 322 g/mol. The summed E-state index contributed by atoms with van der Waals surface area (Å²) in [5, 5.41) is 9.59. The molecule has 0 aromatic heterocycles. The number of rotatable bonds is 3. The Morgan fingerprint density at radius 1 is 1.00 bits per heavy atom. The number of amides is 1. The molecule has 2 fully saturated rings. The predicted molar refractivity (Wildman–Crippen MR) is 92.2 cm³/mol. The Labute approximate surface area is 142 Å². The van der Waals surface area contributed by atoms with E-state index < -0.39 is 0 Å². The third kappa shape index (κ3) is 2.67. The lowest BCUT2D eigenvalue weighted by atomic mass is 10.0. The normalized spacial score (nSPS) is 24.2. The van der Waals surface area contributed by atoms with Crippen molar-refractivity contribution in [1.29, 1.82) is 0 Å². The molecule has 1 amide bonds. The minimum atomic E-state index is -0.0383. The lowest BCUT2D eigenvalue weighted by molar-refractivity contribution is -0.131. The van der Waals surface area contributed by atoms with Gasteiger partial charge in [0.1, 0.15) is 11.9 Å². The lowest BCUT2D eigenvalue weighted by Gasteiger charge is -2.34. The number of fused-ring (bicyclic) bond motifs is 1. The van der Waals surface area contributed by atoms with E-state index in [2.05, 4.69) is 17.0 Å². The molecule has 24 heavy (non-hydrogen) atoms. The zero-order chi connectivity index (χ0) is 16.5. The number of nitrogens with zero attached hydrogens (tertiary/aromatic N) is 2. The molecular weight excluding hydrogens is 300 g/mol. The first-order valence-electron chi connectivity index (χ1n) is 8.63. The molecule has 1 unspecified atom stereocenters. The maximum Gasteiger partial charge on any atom is 0.241 e. The van der Waals surface area contributed by atoms with Crippen molar-refractivity contribution in [2.75, 3.05) is 6.54 Å². The Hall–Kier alpha value is -2.33. The number of hydrogen-bond donors (Lipinski definition) is 1. The minimum Gasteiger partial charge on any atom is -0.508 e. The Kier molecular flexibility index (Phi) is 3.98. The van der Waals surface area contributed by atoms with Crippen LogP contribution in [0.25, 0.3) is 0 Å². The van der Waals surface area contributed by atoms with E-state index >= 15 is 0 Å². The van der Waals surface area contributed by atoms with Gasteiger partial charge in [-0.3, -0.25) is 9.69 Å². The molecule has 0 radical (unpaired) electrons. The van der Waals surface area contributed by atoms with E-state index in [4.69, 9.17) is 0 Å². The van der Waals surface area contributed by atoms with Crippen LogP contribution >= 0.6 is 0 Å². The Bertz CT molecular complexity index is 714. The molecule has 2 aliphatic rings. The number of carbonyl (C=O) groups is 1. The number of hydrogen-bond acceptors (Lipinski definition) is 3. The van der Waals surface area contributed by atoms with Crippen LogP contribution in [-0.4, -0.2) is 33.4 Å². The average Bonchev–Trinajstić information content (AvgIpc) is 2.89. The molecule has 4 nitrogen and oxygen atoms in total. The van der Waals surface area contributed by atoms with Crippen LogP contribution in [0.5, 0.6) is 5.75 Å². The largest absolute Gasteiger partial charge is 0.508 e. The summed E-state index contributed by atoms with van der Waals surface area (Å²) in [7, 11) is 0. The van der Waals surface area contributed by atoms with Crippen molar-refractivity contribution in [2.45, 2.75) is 38.0 Å². The fourth-order valence-corrected chi connectivity index (χ4v) is 3.97. The van der Waals surface area contributed by atoms with E-state index in [9.17, 15) is 9.90 Å². The third-order valence-electron chi connectivity index (χ3n) is 5.11. The van der Waals surface area contributed by atoms with E-state index in [1.165, 1.54) is 0 Å². The summed E-state index contributed by atoms with van der Waals surface area (Å²) in [5.74, 6) is 0.490. The smallest absolute Gasteiger partial charge is 0.241 e. The van der Waals surface area contributed by atoms with Gasteiger partial charge in [0.05, 0.1) is 6.04 Å². The first kappa shape index (κ1) is 15.2. The summed E-state index contributed by atoms with van der Waals surface area (Å²) < 4.78 is 0. The fraction of sp³-hybridized carbons (Fsp3) is 0.350. The summed E-state index contributed by atoms with van der Waals surface area (Å²) in [6.07, 6.45) is 3.16. The van der Waals surface area contributed by atoms with Crippen molar-refractivity contribution in [3.63, 3.8) is 0 Å². The van der Waals surface area contributed by atoms with Gasteiger partial charge in [-0.05, 0) is 36.1 Å². The lowest BCUT2D eigenvalue weighted by Crippen LogP contribution is -2.38. The molecule has 2 atom stereocenters. The monoisotopic (exact) mass is 322 g/mol. The van der Waals surface area contributed by atoms with Gasteiger partial charge < -0.3 is 10.0 Å². The van der Waals surface area contributed by atoms with Crippen LogP contribution < -0.4 is 0 Å². The molecule has 0 saturated carbocycles. The van der Waals surface area contributed by atoms with Gasteiger partial charge in [-0.25, -0.2) is 0 Å². The molecule has 2 heterocycles. The van der Waals surface area contributed by atoms with Gasteiger partial charge >= 0.3 is 0 Å². The van der Waals surface area contributed by atoms with Crippen molar-refractivity contribution in [3.8, 4) is 5.75 Å². The van der Waals surface area contributed by atoms with Gasteiger partial charge in [-0.2, -0.15) is 0 Å². The highest BCUT2D eigenvalue weighted by atomic mass is 16.3. The van der Waals surface area contributed by atoms with Crippen LogP contribution in [0.4, 0.5) is 0 Å². The van der Waals surface area contributed by atoms with Crippen LogP contribution in [0.15, 0.2) is 54.6 Å². The summed E-state index contributed by atoms with van der Waals surface area (Å²) in [5.41, 5.74) is 2.22. The van der Waals surface area contributed by atoms with Crippen LogP contribution in [0.2, 0.25) is 0 Å². The van der Waals surface area contributed by atoms with Gasteiger partial charge in [0.25, 0.3) is 0 Å². The van der Waals surface area contributed by atoms with Crippen molar-refractivity contribution >= 4 is 5.91 Å². The number of carbonyl (C=O) groups excluding carboxylic acids is 1. The highest BCUT2D eigenvalue weighted by Gasteiger charge is 2.47. The zero-order valence-corrected chi connectivity index (χ0v) is 13.6. The van der Waals surface area contributed by atoms with Crippen molar-refractivity contribution < 1.29 is 9.90 Å². The maximum absolute atomic E-state index is 13.0. The Balaban J connectivity index is 1.70. The van der Waals surface area contributed by atoms with Crippen LogP contribution in [0, 0.1) is 0 Å². The highest BCUT2D eigenvalue weighted by molar-refractivity contribution is 5.84. The molecule has 2 aliphatic heterocycles. The molecule has 4 heteroatoms. The SMILES string of the molecule is O=C1C2CCCCN2[C@@H](c2ccc(O)cc2)N1Cc1ccccc1. The molecule has 2 aromatic carbocycles. The quantitative estimate of drug-likeness (QED) is 0.943. The molecule has 124 valence electrons. The van der Waals surface area contributed by atoms with E-state index in [1.54, 1.807) is 12.1 Å². The number of phenolic OH excluding ortho intramolecular Hbond substituents is 1. The molecule has 2 aromatic rings. The maximum atomic E-state index is 13.0. The fourth-order valence-electron chi connectivity index (χ4n) is 3.97. The second-order valence-electron chi connectivity index (χ2n) is 6.67. The van der Waals surface area contributed by atoms with Gasteiger partial charge in [0, 0.05) is 13.1 Å². The van der Waals surface area contributed by atoms with Crippen LogP contribution in [0.3, 0.4) is 0 Å². The molecule has 1 N–H and O–H groups in total. The zero-order valence-electron chi connectivity index (χ0n) is 13.6. The third-order valence-corrected chi connectivity index (χ3v) is 5.11. The first-order chi connectivity index (χ1) is 11.7. The topological polar surface area (TPSA) is 43.8 Å². The summed E-state index contributed by atoms with van der Waals surface area (Å²) in [4.78, 5) is 17.4. The van der Waals surface area contributed by atoms with E-state index in [-0.39, 0.29) is 23.9 Å². The van der Waals surface area contributed by atoms with Crippen molar-refractivity contribution in [3.05, 3.63) is 65.7 Å². The Morgan fingerprint density at radius 2 is 1.75 bits per heavy atom. The van der Waals surface area contributed by atoms with Gasteiger partial charge in [0.15, 0.2) is 0 Å². The van der Waals surface area contributed by atoms with Crippen LogP contribution in [0.1, 0.15) is 36.6 Å². The molecule has 0 spiro atoms. The van der Waals surface area contributed by atoms with Crippen molar-refractivity contribution in [1.82, 2.24) is 9.80 Å². The Morgan fingerprint density at radius 3 is 2.50 bits per heavy atom. The van der Waals surface area contributed by atoms with E-state index in [0.717, 1.165) is 36.9 Å². The summed E-state index contributed by atoms with van der Waals surface area (Å²) >= 11 is 0. The molecule has 0 aliphatic carbocycles. The number of phenols is 1. The number of piperidine rings is 1. The number of benzene rings is 2. The number of aromatic hydroxyl groups is 1. The van der Waals surface area contributed by atoms with Crippen LogP contribution in [-0.2, 0) is 11.3 Å². The first-order valence-corrected chi connectivity index (χ1v) is 8.63. The molecular formula is C20H22N2O2. The van der Waals surface area contributed by atoms with Crippen molar-refractivity contribution in [2.24, 2.45) is 0 Å². The van der Waals surface area contributed by atoms with E-state index in [0.29, 0.717) is 6.54 Å². The molecule has 4 rings (SSSR count). The van der Waals surface area contributed by atoms with E-state index in [1.807, 2.05) is 35.2 Å². The minimum absolute atomic E-state index is 0.00117. The van der Waals surface area contributed by atoms with Gasteiger partial charge in [0.2, 0.25) is 5.91 Å². The summed E-state index contributed by atoms with van der Waals surface area (Å²) in [6, 6.07) is 17.4. The predicted octanol–water partition coefficient (Wildman–Crippen LogP) is 3.29. The molecule has 0 bridgehead atoms. The van der Waals surface area contributed by atoms with Gasteiger partial charge in [-0.1, -0.05) is 48.9 Å². The summed E-state index contributed by atoms with van der Waals surface area (Å²) in [6.45, 7) is 1.57. The second kappa shape index (κ2) is 6.29. The highest BCUT2D eigenvalue weighted by Crippen LogP contribution is 2.39. The molecule has 2 saturated heterocycles. The second-order valence-corrected chi connectivity index (χ2v) is 6.67.